The fourth-order valence-electron chi connectivity index (χ4n) is 3.50. The maximum absolute atomic E-state index is 12.1. The molecule has 7 nitrogen and oxygen atoms in total. The molecule has 1 aromatic heterocycles. The van der Waals surface area contributed by atoms with Crippen LogP contribution in [0.5, 0.6) is 0 Å². The van der Waals surface area contributed by atoms with Crippen LogP contribution in [-0.2, 0) is 6.54 Å². The number of rotatable bonds is 5. The number of anilines is 1. The lowest BCUT2D eigenvalue weighted by molar-refractivity contribution is 0.249. The van der Waals surface area contributed by atoms with Crippen molar-refractivity contribution in [2.24, 2.45) is 5.92 Å². The van der Waals surface area contributed by atoms with Crippen molar-refractivity contribution in [2.45, 2.75) is 13.0 Å². The van der Waals surface area contributed by atoms with Gasteiger partial charge in [0.2, 0.25) is 0 Å². The fraction of sp³-hybridized carbons (Fsp3) is 0.300. The number of urea groups is 1. The molecule has 4 rings (SSSR count). The molecule has 3 N–H and O–H groups in total. The molecule has 1 atom stereocenters. The second-order valence-corrected chi connectivity index (χ2v) is 6.94. The van der Waals surface area contributed by atoms with Crippen molar-refractivity contribution < 1.29 is 9.21 Å². The molecule has 27 heavy (non-hydrogen) atoms. The van der Waals surface area contributed by atoms with Crippen LogP contribution in [0.25, 0.3) is 11.1 Å². The Hall–Kier alpha value is -3.06. The van der Waals surface area contributed by atoms with Gasteiger partial charge in [-0.2, -0.15) is 0 Å². The summed E-state index contributed by atoms with van der Waals surface area (Å²) in [7, 11) is 0. The number of H-pyrrole nitrogens is 1. The largest absolute Gasteiger partial charge is 0.417 e. The lowest BCUT2D eigenvalue weighted by Crippen LogP contribution is -2.34. The van der Waals surface area contributed by atoms with E-state index in [1.54, 1.807) is 18.2 Å². The number of likely N-dealkylation sites (tertiary alicyclic amines) is 1. The van der Waals surface area contributed by atoms with E-state index in [-0.39, 0.29) is 6.03 Å². The van der Waals surface area contributed by atoms with Gasteiger partial charge in [-0.3, -0.25) is 9.88 Å². The Morgan fingerprint density at radius 2 is 2.07 bits per heavy atom. The lowest BCUT2D eigenvalue weighted by atomic mass is 10.1. The molecule has 0 spiro atoms. The molecule has 1 saturated heterocycles. The number of nitrogens with zero attached hydrogens (tertiary/aromatic N) is 1. The first-order valence-electron chi connectivity index (χ1n) is 9.10. The second kappa shape index (κ2) is 7.67. The number of fused-ring (bicyclic) bond motifs is 1. The second-order valence-electron chi connectivity index (χ2n) is 6.94. The Morgan fingerprint density at radius 3 is 2.93 bits per heavy atom. The smallest absolute Gasteiger partial charge is 0.408 e. The summed E-state index contributed by atoms with van der Waals surface area (Å²) in [6.07, 6.45) is 1.08. The summed E-state index contributed by atoms with van der Waals surface area (Å²) in [6.45, 7) is 3.62. The van der Waals surface area contributed by atoms with Gasteiger partial charge in [-0.15, -0.1) is 0 Å². The third kappa shape index (κ3) is 4.38. The van der Waals surface area contributed by atoms with Gasteiger partial charge in [0.15, 0.2) is 5.58 Å². The van der Waals surface area contributed by atoms with Gasteiger partial charge in [-0.1, -0.05) is 30.3 Å². The average Bonchev–Trinajstić information content (AvgIpc) is 3.26. The highest BCUT2D eigenvalue weighted by molar-refractivity contribution is 5.91. The normalized spacial score (nSPS) is 17.3. The Balaban J connectivity index is 1.25. The minimum Gasteiger partial charge on any atom is -0.408 e. The number of oxazole rings is 1. The highest BCUT2D eigenvalue weighted by atomic mass is 16.4. The van der Waals surface area contributed by atoms with Gasteiger partial charge in [0.05, 0.1) is 5.52 Å². The Labute approximate surface area is 156 Å². The van der Waals surface area contributed by atoms with Gasteiger partial charge in [-0.25, -0.2) is 9.59 Å². The zero-order chi connectivity index (χ0) is 18.6. The molecule has 7 heteroatoms. The SMILES string of the molecule is O=C(NCC1CCN(Cc2ccccc2)C1)Nc1ccc2[nH]c(=O)oc2c1. The quantitative estimate of drug-likeness (QED) is 0.648. The maximum Gasteiger partial charge on any atom is 0.417 e. The first-order chi connectivity index (χ1) is 13.2. The van der Waals surface area contributed by atoms with E-state index in [4.69, 9.17) is 4.42 Å². The predicted octanol–water partition coefficient (Wildman–Crippen LogP) is 2.76. The Bertz CT molecular complexity index is 980. The van der Waals surface area contributed by atoms with Crippen molar-refractivity contribution >= 4 is 22.8 Å². The predicted molar refractivity (Wildman–Crippen MR) is 104 cm³/mol. The summed E-state index contributed by atoms with van der Waals surface area (Å²) in [5.74, 6) is -0.0578. The van der Waals surface area contributed by atoms with E-state index in [9.17, 15) is 9.59 Å². The molecule has 2 amide bonds. The maximum atomic E-state index is 12.1. The zero-order valence-corrected chi connectivity index (χ0v) is 14.9. The van der Waals surface area contributed by atoms with E-state index < -0.39 is 5.76 Å². The van der Waals surface area contributed by atoms with Crippen molar-refractivity contribution in [3.05, 3.63) is 64.6 Å². The number of carbonyl (C=O) groups is 1. The van der Waals surface area contributed by atoms with Crippen molar-refractivity contribution in [3.63, 3.8) is 0 Å². The van der Waals surface area contributed by atoms with Gasteiger partial charge >= 0.3 is 11.8 Å². The monoisotopic (exact) mass is 366 g/mol. The van der Waals surface area contributed by atoms with Crippen LogP contribution in [-0.4, -0.2) is 35.5 Å². The van der Waals surface area contributed by atoms with E-state index in [0.717, 1.165) is 26.1 Å². The van der Waals surface area contributed by atoms with E-state index in [1.165, 1.54) is 5.56 Å². The van der Waals surface area contributed by atoms with Crippen LogP contribution in [0, 0.1) is 5.92 Å². The van der Waals surface area contributed by atoms with Gasteiger partial charge in [0, 0.05) is 31.4 Å². The van der Waals surface area contributed by atoms with Crippen LogP contribution in [0.1, 0.15) is 12.0 Å². The van der Waals surface area contributed by atoms with Gasteiger partial charge in [0.25, 0.3) is 0 Å². The van der Waals surface area contributed by atoms with E-state index in [2.05, 4.69) is 44.8 Å². The van der Waals surface area contributed by atoms with E-state index in [0.29, 0.717) is 29.2 Å². The van der Waals surface area contributed by atoms with Gasteiger partial charge in [-0.05, 0) is 36.6 Å². The molecule has 3 aromatic rings. The van der Waals surface area contributed by atoms with Gasteiger partial charge < -0.3 is 15.1 Å². The van der Waals surface area contributed by atoms with Crippen LogP contribution in [0.15, 0.2) is 57.7 Å². The first-order valence-corrected chi connectivity index (χ1v) is 9.10. The number of hydrogen-bond acceptors (Lipinski definition) is 4. The molecule has 0 radical (unpaired) electrons. The van der Waals surface area contributed by atoms with Crippen LogP contribution in [0.4, 0.5) is 10.5 Å². The number of amides is 2. The highest BCUT2D eigenvalue weighted by Gasteiger charge is 2.22. The molecule has 0 aliphatic carbocycles. The van der Waals surface area contributed by atoms with Gasteiger partial charge in [0.1, 0.15) is 0 Å². The topological polar surface area (TPSA) is 90.4 Å². The molecule has 2 heterocycles. The molecule has 1 aliphatic rings. The third-order valence-electron chi connectivity index (χ3n) is 4.85. The average molecular weight is 366 g/mol. The minimum atomic E-state index is -0.507. The van der Waals surface area contributed by atoms with E-state index in [1.807, 2.05) is 6.07 Å². The van der Waals surface area contributed by atoms with Crippen LogP contribution < -0.4 is 16.4 Å². The molecule has 1 fully saturated rings. The molecule has 0 saturated carbocycles. The Kier molecular flexibility index (Phi) is 4.93. The molecule has 140 valence electrons. The summed E-state index contributed by atoms with van der Waals surface area (Å²) in [4.78, 5) is 28.3. The highest BCUT2D eigenvalue weighted by Crippen LogP contribution is 2.19. The number of nitrogens with one attached hydrogen (secondary N) is 3. The summed E-state index contributed by atoms with van der Waals surface area (Å²) < 4.78 is 5.00. The summed E-state index contributed by atoms with van der Waals surface area (Å²) >= 11 is 0. The van der Waals surface area contributed by atoms with Crippen LogP contribution in [0.2, 0.25) is 0 Å². The molecule has 1 unspecified atom stereocenters. The van der Waals surface area contributed by atoms with Crippen molar-refractivity contribution in [2.75, 3.05) is 25.0 Å². The summed E-state index contributed by atoms with van der Waals surface area (Å²) in [6, 6.07) is 15.2. The van der Waals surface area contributed by atoms with Crippen LogP contribution >= 0.6 is 0 Å². The number of carbonyl (C=O) groups excluding carboxylic acids is 1. The number of aromatic amines is 1. The van der Waals surface area contributed by atoms with Crippen molar-refractivity contribution in [1.29, 1.82) is 0 Å². The lowest BCUT2D eigenvalue weighted by Gasteiger charge is -2.16. The number of benzene rings is 2. The number of hydrogen-bond donors (Lipinski definition) is 3. The molecule has 1 aliphatic heterocycles. The first kappa shape index (κ1) is 17.4. The summed E-state index contributed by atoms with van der Waals surface area (Å²) in [5.41, 5.74) is 2.93. The fourth-order valence-corrected chi connectivity index (χ4v) is 3.50. The van der Waals surface area contributed by atoms with Crippen LogP contribution in [0.3, 0.4) is 0 Å². The molecular weight excluding hydrogens is 344 g/mol. The molecular formula is C20H22N4O3. The molecule has 2 aromatic carbocycles. The zero-order valence-electron chi connectivity index (χ0n) is 14.9. The van der Waals surface area contributed by atoms with E-state index >= 15 is 0 Å². The number of aromatic nitrogens is 1. The standard InChI is InChI=1S/C20H22N4O3/c25-19(22-16-6-7-17-18(10-16)27-20(26)23-17)21-11-15-8-9-24(13-15)12-14-4-2-1-3-5-14/h1-7,10,15H,8-9,11-13H2,(H,23,26)(H2,21,22,25). The third-order valence-corrected chi connectivity index (χ3v) is 4.85. The molecule has 0 bridgehead atoms. The van der Waals surface area contributed by atoms with Crippen molar-refractivity contribution in [3.8, 4) is 0 Å². The van der Waals surface area contributed by atoms with Crippen molar-refractivity contribution in [1.82, 2.24) is 15.2 Å². The summed E-state index contributed by atoms with van der Waals surface area (Å²) in [5, 5.41) is 5.71. The minimum absolute atomic E-state index is 0.256. The Morgan fingerprint density at radius 1 is 1.22 bits per heavy atom.